The maximum Gasteiger partial charge on any atom is 0.277 e. The van der Waals surface area contributed by atoms with Gasteiger partial charge in [-0.25, -0.2) is 23.1 Å². The molecule has 2 heterocycles. The fourth-order valence-electron chi connectivity index (χ4n) is 3.46. The highest BCUT2D eigenvalue weighted by atomic mass is 19.1. The number of hydrogen-bond acceptors (Lipinski definition) is 8. The average molecular weight is 443 g/mol. The fourth-order valence-corrected chi connectivity index (χ4v) is 3.46. The summed E-state index contributed by atoms with van der Waals surface area (Å²) < 4.78 is 30.2. The first-order chi connectivity index (χ1) is 15.2. The van der Waals surface area contributed by atoms with Crippen molar-refractivity contribution in [1.82, 2.24) is 29.8 Å². The molecule has 0 bridgehead atoms. The van der Waals surface area contributed by atoms with Gasteiger partial charge in [0, 0.05) is 23.8 Å². The highest BCUT2D eigenvalue weighted by Crippen LogP contribution is 2.35. The van der Waals surface area contributed by atoms with E-state index in [1.807, 2.05) is 0 Å². The van der Waals surface area contributed by atoms with Crippen molar-refractivity contribution in [3.63, 3.8) is 0 Å². The number of hydrogen-bond donors (Lipinski definition) is 1. The smallest absolute Gasteiger partial charge is 0.277 e. The molecule has 0 spiro atoms. The van der Waals surface area contributed by atoms with Crippen LogP contribution in [0.3, 0.4) is 0 Å². The van der Waals surface area contributed by atoms with Crippen LogP contribution in [0.5, 0.6) is 0 Å². The van der Waals surface area contributed by atoms with E-state index in [1.54, 1.807) is 0 Å². The standard InChI is InChI=1S/C19H15F2N7O4/c1-11(27-18(29)14-4-3-13(28(31)32)7-17(14)24-25-27)19(30,8-26-10-22-9-23-26)15-5-2-12(20)6-16(15)21/h2-7,9-11,30H,8H2,1H3/t11-,19-/m1/s1. The monoisotopic (exact) mass is 443 g/mol. The number of fused-ring (bicyclic) bond motifs is 1. The molecule has 0 unspecified atom stereocenters. The van der Waals surface area contributed by atoms with Crippen LogP contribution < -0.4 is 5.56 Å². The zero-order valence-electron chi connectivity index (χ0n) is 16.5. The molecule has 4 aromatic rings. The summed E-state index contributed by atoms with van der Waals surface area (Å²) in [4.78, 5) is 27.2. The molecule has 2 atom stereocenters. The van der Waals surface area contributed by atoms with Crippen LogP contribution in [-0.4, -0.2) is 39.8 Å². The second-order valence-electron chi connectivity index (χ2n) is 7.12. The normalized spacial score (nSPS) is 14.2. The van der Waals surface area contributed by atoms with E-state index in [0.29, 0.717) is 6.07 Å². The Morgan fingerprint density at radius 3 is 2.69 bits per heavy atom. The third kappa shape index (κ3) is 3.58. The summed E-state index contributed by atoms with van der Waals surface area (Å²) >= 11 is 0. The van der Waals surface area contributed by atoms with Gasteiger partial charge in [0.2, 0.25) is 0 Å². The van der Waals surface area contributed by atoms with Crippen LogP contribution in [0.2, 0.25) is 0 Å². The van der Waals surface area contributed by atoms with Crippen molar-refractivity contribution in [3.05, 3.63) is 86.7 Å². The van der Waals surface area contributed by atoms with Gasteiger partial charge < -0.3 is 5.11 Å². The fraction of sp³-hybridized carbons (Fsp3) is 0.211. The Kier molecular flexibility index (Phi) is 5.18. The lowest BCUT2D eigenvalue weighted by Gasteiger charge is -2.34. The van der Waals surface area contributed by atoms with Gasteiger partial charge in [0.1, 0.15) is 35.4 Å². The molecular weight excluding hydrogens is 428 g/mol. The molecule has 0 amide bonds. The van der Waals surface area contributed by atoms with Crippen LogP contribution in [0.25, 0.3) is 10.9 Å². The summed E-state index contributed by atoms with van der Waals surface area (Å²) in [6, 6.07) is 4.91. The summed E-state index contributed by atoms with van der Waals surface area (Å²) in [6.07, 6.45) is 2.49. The summed E-state index contributed by atoms with van der Waals surface area (Å²) in [5, 5.41) is 34.1. The second-order valence-corrected chi connectivity index (χ2v) is 7.12. The van der Waals surface area contributed by atoms with E-state index in [4.69, 9.17) is 0 Å². The summed E-state index contributed by atoms with van der Waals surface area (Å²) in [5.41, 5.74) is -3.41. The zero-order chi connectivity index (χ0) is 23.0. The molecule has 0 aliphatic rings. The minimum Gasteiger partial charge on any atom is -0.381 e. The maximum absolute atomic E-state index is 14.7. The molecule has 4 rings (SSSR count). The predicted molar refractivity (Wildman–Crippen MR) is 105 cm³/mol. The van der Waals surface area contributed by atoms with E-state index in [-0.39, 0.29) is 28.7 Å². The minimum atomic E-state index is -2.13. The van der Waals surface area contributed by atoms with E-state index in [1.165, 1.54) is 30.3 Å². The molecule has 13 heteroatoms. The van der Waals surface area contributed by atoms with Gasteiger partial charge in [-0.2, -0.15) is 5.10 Å². The van der Waals surface area contributed by atoms with Crippen LogP contribution in [0, 0.1) is 21.7 Å². The van der Waals surface area contributed by atoms with Gasteiger partial charge in [0.05, 0.1) is 22.9 Å². The van der Waals surface area contributed by atoms with E-state index in [0.717, 1.165) is 28.9 Å². The maximum atomic E-state index is 14.7. The number of benzene rings is 2. The molecule has 0 aliphatic carbocycles. The molecular formula is C19H15F2N7O4. The average Bonchev–Trinajstić information content (AvgIpc) is 3.25. The lowest BCUT2D eigenvalue weighted by Crippen LogP contribution is -2.44. The van der Waals surface area contributed by atoms with E-state index in [2.05, 4.69) is 20.4 Å². The zero-order valence-corrected chi connectivity index (χ0v) is 16.5. The summed E-state index contributed by atoms with van der Waals surface area (Å²) in [6.45, 7) is 1.07. The molecule has 1 N–H and O–H groups in total. The Bertz CT molecular complexity index is 1380. The number of halogens is 2. The first-order valence-corrected chi connectivity index (χ1v) is 9.24. The highest BCUT2D eigenvalue weighted by molar-refractivity contribution is 5.79. The van der Waals surface area contributed by atoms with Crippen molar-refractivity contribution >= 4 is 16.6 Å². The number of aromatic nitrogens is 6. The lowest BCUT2D eigenvalue weighted by atomic mass is 9.86. The van der Waals surface area contributed by atoms with Crippen molar-refractivity contribution in [1.29, 1.82) is 0 Å². The van der Waals surface area contributed by atoms with Gasteiger partial charge in [0.25, 0.3) is 11.2 Å². The minimum absolute atomic E-state index is 0.0135. The van der Waals surface area contributed by atoms with Crippen LogP contribution in [0.1, 0.15) is 18.5 Å². The largest absolute Gasteiger partial charge is 0.381 e. The SMILES string of the molecule is C[C@@H](n1nnc2cc([N+](=O)[O-])ccc2c1=O)[C@](O)(Cn1cncn1)c1ccc(F)cc1F. The number of non-ortho nitro benzene ring substituents is 1. The van der Waals surface area contributed by atoms with E-state index in [9.17, 15) is 28.8 Å². The molecule has 0 radical (unpaired) electrons. The van der Waals surface area contributed by atoms with Crippen LogP contribution in [0.4, 0.5) is 14.5 Å². The van der Waals surface area contributed by atoms with E-state index < -0.39 is 33.8 Å². The topological polar surface area (TPSA) is 142 Å². The first kappa shape index (κ1) is 21.1. The van der Waals surface area contributed by atoms with Gasteiger partial charge in [0.15, 0.2) is 0 Å². The molecule has 2 aromatic heterocycles. The van der Waals surface area contributed by atoms with Crippen molar-refractivity contribution in [2.24, 2.45) is 0 Å². The van der Waals surface area contributed by atoms with Crippen molar-refractivity contribution in [2.45, 2.75) is 25.1 Å². The Labute approximate surface area is 177 Å². The number of nitro benzene ring substituents is 1. The number of nitro groups is 1. The van der Waals surface area contributed by atoms with Gasteiger partial charge in [-0.3, -0.25) is 14.9 Å². The molecule has 0 fully saturated rings. The Hall–Kier alpha value is -4.13. The molecule has 0 aliphatic heterocycles. The Morgan fingerprint density at radius 1 is 1.25 bits per heavy atom. The molecule has 32 heavy (non-hydrogen) atoms. The Balaban J connectivity index is 1.87. The third-order valence-electron chi connectivity index (χ3n) is 5.20. The van der Waals surface area contributed by atoms with Crippen molar-refractivity contribution in [2.75, 3.05) is 0 Å². The number of rotatable bonds is 6. The first-order valence-electron chi connectivity index (χ1n) is 9.24. The highest BCUT2D eigenvalue weighted by Gasteiger charge is 2.41. The van der Waals surface area contributed by atoms with Crippen LogP contribution >= 0.6 is 0 Å². The van der Waals surface area contributed by atoms with Gasteiger partial charge in [-0.15, -0.1) is 5.10 Å². The summed E-state index contributed by atoms with van der Waals surface area (Å²) in [7, 11) is 0. The lowest BCUT2D eigenvalue weighted by molar-refractivity contribution is -0.384. The van der Waals surface area contributed by atoms with E-state index >= 15 is 0 Å². The molecule has 0 saturated heterocycles. The van der Waals surface area contributed by atoms with Crippen LogP contribution in [-0.2, 0) is 12.1 Å². The third-order valence-corrected chi connectivity index (χ3v) is 5.20. The number of aliphatic hydroxyl groups is 1. The summed E-state index contributed by atoms with van der Waals surface area (Å²) in [5.74, 6) is -1.87. The predicted octanol–water partition coefficient (Wildman–Crippen LogP) is 1.72. The second kappa shape index (κ2) is 7.85. The van der Waals surface area contributed by atoms with Crippen molar-refractivity contribution < 1.29 is 18.8 Å². The van der Waals surface area contributed by atoms with Crippen LogP contribution in [0.15, 0.2) is 53.8 Å². The molecule has 164 valence electrons. The Morgan fingerprint density at radius 2 is 2.03 bits per heavy atom. The van der Waals surface area contributed by atoms with Gasteiger partial charge in [-0.1, -0.05) is 11.3 Å². The quantitative estimate of drug-likeness (QED) is 0.351. The molecule has 0 saturated carbocycles. The molecule has 2 aromatic carbocycles. The van der Waals surface area contributed by atoms with Gasteiger partial charge >= 0.3 is 0 Å². The van der Waals surface area contributed by atoms with Gasteiger partial charge in [-0.05, 0) is 19.1 Å². The number of nitrogens with zero attached hydrogens (tertiary/aromatic N) is 7. The molecule has 11 nitrogen and oxygen atoms in total. The van der Waals surface area contributed by atoms with Crippen molar-refractivity contribution in [3.8, 4) is 0 Å².